The minimum Gasteiger partial charge on any atom is -0.352 e. The molecular weight excluding hydrogens is 382 g/mol. The normalized spacial score (nSPS) is 10.8. The van der Waals surface area contributed by atoms with Crippen molar-refractivity contribution in [3.05, 3.63) is 59.0 Å². The molecule has 8 nitrogen and oxygen atoms in total. The summed E-state index contributed by atoms with van der Waals surface area (Å²) in [6, 6.07) is 5.32. The van der Waals surface area contributed by atoms with E-state index in [2.05, 4.69) is 28.0 Å². The molecular formula is C22H27N5O3. The van der Waals surface area contributed by atoms with Gasteiger partial charge in [-0.1, -0.05) is 19.4 Å². The largest absolute Gasteiger partial charge is 0.352 e. The maximum atomic E-state index is 12.6. The molecule has 3 aromatic rings. The van der Waals surface area contributed by atoms with Gasteiger partial charge < -0.3 is 15.0 Å². The number of carbonyl (C=O) groups excluding carboxylic acids is 2. The SMILES string of the molecule is CCCCNC(=O)c1cn2ccnc(Nc3cc(C(=O)NOC)ccc3C)c2c1C. The number of amides is 2. The first-order valence-electron chi connectivity index (χ1n) is 9.91. The Balaban J connectivity index is 1.95. The quantitative estimate of drug-likeness (QED) is 0.391. The fourth-order valence-corrected chi connectivity index (χ4v) is 3.25. The monoisotopic (exact) mass is 409 g/mol. The van der Waals surface area contributed by atoms with Crippen LogP contribution in [0, 0.1) is 13.8 Å². The van der Waals surface area contributed by atoms with E-state index >= 15 is 0 Å². The van der Waals surface area contributed by atoms with Crippen molar-refractivity contribution in [2.75, 3.05) is 19.0 Å². The molecule has 2 amide bonds. The summed E-state index contributed by atoms with van der Waals surface area (Å²) < 4.78 is 1.89. The van der Waals surface area contributed by atoms with Crippen molar-refractivity contribution in [3.8, 4) is 0 Å². The number of nitrogens with zero attached hydrogens (tertiary/aromatic N) is 2. The van der Waals surface area contributed by atoms with Crippen molar-refractivity contribution in [2.24, 2.45) is 0 Å². The molecule has 158 valence electrons. The smallest absolute Gasteiger partial charge is 0.274 e. The Morgan fingerprint density at radius 1 is 1.20 bits per heavy atom. The van der Waals surface area contributed by atoms with Crippen LogP contribution in [0.4, 0.5) is 11.5 Å². The summed E-state index contributed by atoms with van der Waals surface area (Å²) in [5.41, 5.74) is 6.74. The van der Waals surface area contributed by atoms with Crippen LogP contribution in [0.5, 0.6) is 0 Å². The molecule has 0 aliphatic carbocycles. The lowest BCUT2D eigenvalue weighted by molar-refractivity contribution is 0.0537. The molecule has 30 heavy (non-hydrogen) atoms. The third kappa shape index (κ3) is 4.44. The second kappa shape index (κ2) is 9.41. The van der Waals surface area contributed by atoms with E-state index in [-0.39, 0.29) is 11.8 Å². The lowest BCUT2D eigenvalue weighted by atomic mass is 10.1. The van der Waals surface area contributed by atoms with E-state index in [4.69, 9.17) is 4.84 Å². The van der Waals surface area contributed by atoms with E-state index in [0.717, 1.165) is 35.2 Å². The standard InChI is InChI=1S/C22H27N5O3/c1-5-6-9-24-22(29)17-13-27-11-10-23-20(19(27)15(17)3)25-18-12-16(8-7-14(18)2)21(28)26-30-4/h7-8,10-13H,5-6,9H2,1-4H3,(H,23,25)(H,24,29)(H,26,28). The summed E-state index contributed by atoms with van der Waals surface area (Å²) in [5.74, 6) is 0.177. The molecule has 0 radical (unpaired) electrons. The molecule has 0 bridgehead atoms. The minimum atomic E-state index is -0.336. The Morgan fingerprint density at radius 2 is 2.00 bits per heavy atom. The van der Waals surface area contributed by atoms with Crippen molar-refractivity contribution < 1.29 is 14.4 Å². The van der Waals surface area contributed by atoms with E-state index in [0.29, 0.717) is 23.5 Å². The highest BCUT2D eigenvalue weighted by Crippen LogP contribution is 2.28. The highest BCUT2D eigenvalue weighted by Gasteiger charge is 2.17. The molecule has 3 rings (SSSR count). The molecule has 0 saturated carbocycles. The van der Waals surface area contributed by atoms with Crippen LogP contribution in [0.1, 0.15) is 51.6 Å². The van der Waals surface area contributed by atoms with Crippen LogP contribution in [-0.2, 0) is 4.84 Å². The van der Waals surface area contributed by atoms with Gasteiger partial charge in [0.15, 0.2) is 5.82 Å². The second-order valence-corrected chi connectivity index (χ2v) is 7.10. The van der Waals surface area contributed by atoms with Gasteiger partial charge in [-0.15, -0.1) is 0 Å². The Kier molecular flexibility index (Phi) is 6.68. The van der Waals surface area contributed by atoms with E-state index in [1.165, 1.54) is 7.11 Å². The number of carbonyl (C=O) groups is 2. The van der Waals surface area contributed by atoms with Crippen molar-refractivity contribution in [1.29, 1.82) is 0 Å². The van der Waals surface area contributed by atoms with Gasteiger partial charge in [0.05, 0.1) is 18.2 Å². The van der Waals surface area contributed by atoms with Gasteiger partial charge in [-0.3, -0.25) is 14.4 Å². The Bertz CT molecular complexity index is 1070. The first kappa shape index (κ1) is 21.3. The van der Waals surface area contributed by atoms with Crippen LogP contribution in [-0.4, -0.2) is 34.9 Å². The van der Waals surface area contributed by atoms with E-state index < -0.39 is 0 Å². The Morgan fingerprint density at radius 3 is 2.73 bits per heavy atom. The zero-order valence-corrected chi connectivity index (χ0v) is 17.7. The number of aryl methyl sites for hydroxylation is 2. The highest BCUT2D eigenvalue weighted by molar-refractivity contribution is 5.99. The van der Waals surface area contributed by atoms with Crippen molar-refractivity contribution >= 4 is 28.8 Å². The average Bonchev–Trinajstić information content (AvgIpc) is 3.07. The summed E-state index contributed by atoms with van der Waals surface area (Å²) in [5, 5.41) is 6.28. The minimum absolute atomic E-state index is 0.0926. The molecule has 3 N–H and O–H groups in total. The zero-order valence-electron chi connectivity index (χ0n) is 17.7. The highest BCUT2D eigenvalue weighted by atomic mass is 16.6. The molecule has 0 unspecified atom stereocenters. The number of hydrogen-bond acceptors (Lipinski definition) is 5. The van der Waals surface area contributed by atoms with Gasteiger partial charge in [-0.2, -0.15) is 0 Å². The predicted octanol–water partition coefficient (Wildman–Crippen LogP) is 3.52. The van der Waals surface area contributed by atoms with Crippen molar-refractivity contribution in [2.45, 2.75) is 33.6 Å². The van der Waals surface area contributed by atoms with Gasteiger partial charge in [0.2, 0.25) is 0 Å². The third-order valence-electron chi connectivity index (χ3n) is 4.95. The van der Waals surface area contributed by atoms with Crippen LogP contribution in [0.25, 0.3) is 5.52 Å². The third-order valence-corrected chi connectivity index (χ3v) is 4.95. The molecule has 2 aromatic heterocycles. The van der Waals surface area contributed by atoms with Crippen LogP contribution in [0.3, 0.4) is 0 Å². The summed E-state index contributed by atoms with van der Waals surface area (Å²) in [6.45, 7) is 6.59. The lowest BCUT2D eigenvalue weighted by Gasteiger charge is -2.12. The van der Waals surface area contributed by atoms with Gasteiger partial charge in [0.25, 0.3) is 11.8 Å². The number of fused-ring (bicyclic) bond motifs is 1. The van der Waals surface area contributed by atoms with Gasteiger partial charge in [-0.05, 0) is 43.5 Å². The van der Waals surface area contributed by atoms with E-state index in [1.807, 2.05) is 36.7 Å². The van der Waals surface area contributed by atoms with Gasteiger partial charge >= 0.3 is 0 Å². The van der Waals surface area contributed by atoms with Crippen LogP contribution in [0.15, 0.2) is 36.8 Å². The number of anilines is 2. The topological polar surface area (TPSA) is 96.8 Å². The molecule has 8 heteroatoms. The number of benzene rings is 1. The fraction of sp³-hybridized carbons (Fsp3) is 0.318. The molecule has 0 aliphatic rings. The number of hydroxylamine groups is 1. The van der Waals surface area contributed by atoms with Crippen molar-refractivity contribution in [3.63, 3.8) is 0 Å². The Labute approximate surface area is 175 Å². The maximum absolute atomic E-state index is 12.6. The van der Waals surface area contributed by atoms with Gasteiger partial charge in [-0.25, -0.2) is 10.5 Å². The van der Waals surface area contributed by atoms with E-state index in [1.54, 1.807) is 18.3 Å². The molecule has 0 aliphatic heterocycles. The molecule has 0 fully saturated rings. The fourth-order valence-electron chi connectivity index (χ4n) is 3.25. The first-order chi connectivity index (χ1) is 14.5. The van der Waals surface area contributed by atoms with Crippen LogP contribution >= 0.6 is 0 Å². The first-order valence-corrected chi connectivity index (χ1v) is 9.91. The molecule has 0 atom stereocenters. The van der Waals surface area contributed by atoms with Gasteiger partial charge in [0, 0.05) is 36.4 Å². The van der Waals surface area contributed by atoms with Crippen LogP contribution in [0.2, 0.25) is 0 Å². The van der Waals surface area contributed by atoms with E-state index in [9.17, 15) is 9.59 Å². The summed E-state index contributed by atoms with van der Waals surface area (Å²) in [6.07, 6.45) is 7.26. The number of rotatable bonds is 8. The lowest BCUT2D eigenvalue weighted by Crippen LogP contribution is -2.24. The molecule has 1 aromatic carbocycles. The summed E-state index contributed by atoms with van der Waals surface area (Å²) in [4.78, 5) is 33.9. The number of aromatic nitrogens is 2. The number of unbranched alkanes of at least 4 members (excludes halogenated alkanes) is 1. The molecule has 0 spiro atoms. The molecule has 2 heterocycles. The molecule has 0 saturated heterocycles. The number of hydrogen-bond donors (Lipinski definition) is 3. The summed E-state index contributed by atoms with van der Waals surface area (Å²) in [7, 11) is 1.39. The van der Waals surface area contributed by atoms with Gasteiger partial charge in [0.1, 0.15) is 0 Å². The average molecular weight is 409 g/mol. The zero-order chi connectivity index (χ0) is 21.7. The Hall–Kier alpha value is -3.39. The van der Waals surface area contributed by atoms with Crippen molar-refractivity contribution in [1.82, 2.24) is 20.2 Å². The number of nitrogens with one attached hydrogen (secondary N) is 3. The summed E-state index contributed by atoms with van der Waals surface area (Å²) >= 11 is 0. The van der Waals surface area contributed by atoms with Crippen LogP contribution < -0.4 is 16.1 Å². The predicted molar refractivity (Wildman–Crippen MR) is 116 cm³/mol. The maximum Gasteiger partial charge on any atom is 0.274 e. The second-order valence-electron chi connectivity index (χ2n) is 7.10.